The molecule has 1 N–H and O–H groups in total. The van der Waals surface area contributed by atoms with E-state index in [0.29, 0.717) is 0 Å². The average molecular weight is 490 g/mol. The van der Waals surface area contributed by atoms with Crippen LogP contribution in [-0.4, -0.2) is 23.9 Å². The van der Waals surface area contributed by atoms with Gasteiger partial charge in [-0.1, -0.05) is 0 Å². The number of amides is 1. The molecule has 0 aliphatic rings. The monoisotopic (exact) mass is 490 g/mol. The third-order valence-corrected chi connectivity index (χ3v) is 4.05. The summed E-state index contributed by atoms with van der Waals surface area (Å²) in [6, 6.07) is 5.15. The number of nitro groups is 1. The number of hydrogen-bond acceptors (Lipinski definition) is 6. The molecule has 0 saturated carbocycles. The number of nitrogens with zero attached hydrogens (tertiary/aromatic N) is 1. The SMILES string of the molecule is O=C(Nc1cc(OCC(F)F)cc([N+](=O)[O-])c1)c1ccc(COc2c(F)c(F)cc(F)c2F)o1. The molecular weight excluding hydrogens is 478 g/mol. The van der Waals surface area contributed by atoms with Gasteiger partial charge in [-0.3, -0.25) is 14.9 Å². The highest BCUT2D eigenvalue weighted by Gasteiger charge is 2.22. The molecule has 0 atom stereocenters. The number of alkyl halides is 2. The Bertz CT molecular complexity index is 1210. The summed E-state index contributed by atoms with van der Waals surface area (Å²) in [7, 11) is 0. The minimum atomic E-state index is -2.84. The van der Waals surface area contributed by atoms with Gasteiger partial charge in [0, 0.05) is 18.2 Å². The van der Waals surface area contributed by atoms with Gasteiger partial charge in [0.2, 0.25) is 11.6 Å². The second-order valence-electron chi connectivity index (χ2n) is 6.48. The van der Waals surface area contributed by atoms with Gasteiger partial charge in [-0.05, 0) is 12.1 Å². The molecule has 180 valence electrons. The first-order chi connectivity index (χ1) is 16.0. The van der Waals surface area contributed by atoms with Crippen molar-refractivity contribution in [3.05, 3.63) is 81.3 Å². The Morgan fingerprint density at radius 2 is 1.71 bits per heavy atom. The third-order valence-electron chi connectivity index (χ3n) is 4.05. The molecule has 0 unspecified atom stereocenters. The Labute approximate surface area is 185 Å². The Kier molecular flexibility index (Phi) is 7.28. The van der Waals surface area contributed by atoms with Crippen molar-refractivity contribution in [3.63, 3.8) is 0 Å². The molecule has 8 nitrogen and oxygen atoms in total. The first kappa shape index (κ1) is 24.4. The van der Waals surface area contributed by atoms with Gasteiger partial charge in [0.05, 0.1) is 16.7 Å². The zero-order valence-electron chi connectivity index (χ0n) is 16.6. The van der Waals surface area contributed by atoms with E-state index in [9.17, 15) is 41.3 Å². The number of halogens is 6. The maximum Gasteiger partial charge on any atom is 0.291 e. The van der Waals surface area contributed by atoms with Crippen LogP contribution in [0.5, 0.6) is 11.5 Å². The van der Waals surface area contributed by atoms with E-state index in [1.54, 1.807) is 0 Å². The van der Waals surface area contributed by atoms with E-state index in [1.165, 1.54) is 0 Å². The number of benzene rings is 2. The first-order valence-electron chi connectivity index (χ1n) is 9.11. The molecule has 1 aromatic heterocycles. The maximum atomic E-state index is 13.6. The van der Waals surface area contributed by atoms with Crippen LogP contribution in [0, 0.1) is 33.4 Å². The number of carbonyl (C=O) groups excluding carboxylic acids is 1. The fraction of sp³-hybridized carbons (Fsp3) is 0.150. The Balaban J connectivity index is 1.72. The van der Waals surface area contributed by atoms with Crippen LogP contribution in [0.4, 0.5) is 37.7 Å². The van der Waals surface area contributed by atoms with Gasteiger partial charge in [0.1, 0.15) is 24.7 Å². The average Bonchev–Trinajstić information content (AvgIpc) is 3.25. The lowest BCUT2D eigenvalue weighted by Gasteiger charge is -2.09. The minimum Gasteiger partial charge on any atom is -0.487 e. The van der Waals surface area contributed by atoms with Crippen LogP contribution in [0.3, 0.4) is 0 Å². The minimum absolute atomic E-state index is 0.00470. The Hall–Kier alpha value is -4.23. The van der Waals surface area contributed by atoms with E-state index in [0.717, 1.165) is 30.3 Å². The second-order valence-corrected chi connectivity index (χ2v) is 6.48. The summed E-state index contributed by atoms with van der Waals surface area (Å²) < 4.78 is 93.0. The van der Waals surface area contributed by atoms with Crippen molar-refractivity contribution in [3.8, 4) is 11.5 Å². The van der Waals surface area contributed by atoms with Gasteiger partial charge in [-0.25, -0.2) is 17.6 Å². The van der Waals surface area contributed by atoms with Crippen molar-refractivity contribution in [2.75, 3.05) is 11.9 Å². The molecule has 1 amide bonds. The highest BCUT2D eigenvalue weighted by molar-refractivity contribution is 6.02. The molecule has 0 spiro atoms. The molecule has 0 aliphatic heterocycles. The molecule has 0 bridgehead atoms. The number of hydrogen-bond donors (Lipinski definition) is 1. The molecule has 14 heteroatoms. The number of rotatable bonds is 9. The van der Waals surface area contributed by atoms with Gasteiger partial charge in [0.25, 0.3) is 18.0 Å². The van der Waals surface area contributed by atoms with Gasteiger partial charge in [-0.2, -0.15) is 8.78 Å². The summed E-state index contributed by atoms with van der Waals surface area (Å²) in [5.74, 6) is -10.0. The van der Waals surface area contributed by atoms with Gasteiger partial charge in [0.15, 0.2) is 23.1 Å². The molecule has 34 heavy (non-hydrogen) atoms. The standard InChI is InChI=1S/C20H12F6N2O6/c21-13-6-14(22)18(26)19(17(13)25)33-7-11-1-2-15(34-11)20(29)27-9-3-10(28(30)31)5-12(4-9)32-8-16(23)24/h1-6,16H,7-8H2,(H,27,29). The van der Waals surface area contributed by atoms with Gasteiger partial charge in [-0.15, -0.1) is 0 Å². The Morgan fingerprint density at radius 1 is 1.03 bits per heavy atom. The molecule has 0 aliphatic carbocycles. The van der Waals surface area contributed by atoms with Crippen molar-refractivity contribution >= 4 is 17.3 Å². The number of furan rings is 1. The van der Waals surface area contributed by atoms with Crippen LogP contribution in [0.2, 0.25) is 0 Å². The topological polar surface area (TPSA) is 104 Å². The van der Waals surface area contributed by atoms with Crippen molar-refractivity contribution < 1.29 is 50.0 Å². The number of ether oxygens (including phenoxy) is 2. The summed E-state index contributed by atoms with van der Waals surface area (Å²) in [5, 5.41) is 13.3. The molecule has 3 rings (SSSR count). The van der Waals surface area contributed by atoms with Crippen LogP contribution in [0.15, 0.2) is 40.8 Å². The third kappa shape index (κ3) is 5.76. The largest absolute Gasteiger partial charge is 0.487 e. The number of nitrogens with one attached hydrogen (secondary N) is 1. The number of non-ortho nitro benzene ring substituents is 1. The van der Waals surface area contributed by atoms with E-state index >= 15 is 0 Å². The molecule has 1 heterocycles. The van der Waals surface area contributed by atoms with E-state index in [1.807, 2.05) is 0 Å². The van der Waals surface area contributed by atoms with Crippen LogP contribution in [-0.2, 0) is 6.61 Å². The molecule has 0 fully saturated rings. The summed E-state index contributed by atoms with van der Waals surface area (Å²) in [5.41, 5.74) is -0.737. The fourth-order valence-electron chi connectivity index (χ4n) is 2.59. The maximum absolute atomic E-state index is 13.6. The molecule has 3 aromatic rings. The second kappa shape index (κ2) is 10.1. The first-order valence-corrected chi connectivity index (χ1v) is 9.11. The summed E-state index contributed by atoms with van der Waals surface area (Å²) >= 11 is 0. The number of nitro benzene ring substituents is 1. The number of anilines is 1. The summed E-state index contributed by atoms with van der Waals surface area (Å²) in [4.78, 5) is 22.6. The predicted octanol–water partition coefficient (Wildman–Crippen LogP) is 5.22. The molecule has 0 saturated heterocycles. The lowest BCUT2D eigenvalue weighted by atomic mass is 10.2. The molecule has 2 aromatic carbocycles. The Morgan fingerprint density at radius 3 is 2.32 bits per heavy atom. The predicted molar refractivity (Wildman–Crippen MR) is 102 cm³/mol. The number of carbonyl (C=O) groups is 1. The van der Waals surface area contributed by atoms with Crippen molar-refractivity contribution in [1.82, 2.24) is 0 Å². The normalized spacial score (nSPS) is 10.9. The quantitative estimate of drug-likeness (QED) is 0.191. The molecule has 0 radical (unpaired) electrons. The van der Waals surface area contributed by atoms with Crippen molar-refractivity contribution in [2.24, 2.45) is 0 Å². The summed E-state index contributed by atoms with van der Waals surface area (Å²) in [6.07, 6.45) is -2.84. The van der Waals surface area contributed by atoms with Gasteiger partial charge >= 0.3 is 0 Å². The fourth-order valence-corrected chi connectivity index (χ4v) is 2.59. The lowest BCUT2D eigenvalue weighted by molar-refractivity contribution is -0.384. The van der Waals surface area contributed by atoms with Gasteiger partial charge < -0.3 is 19.2 Å². The highest BCUT2D eigenvalue weighted by Crippen LogP contribution is 2.29. The van der Waals surface area contributed by atoms with E-state index < -0.39 is 65.2 Å². The highest BCUT2D eigenvalue weighted by atomic mass is 19.3. The smallest absolute Gasteiger partial charge is 0.291 e. The van der Waals surface area contributed by atoms with E-state index in [-0.39, 0.29) is 29.0 Å². The summed E-state index contributed by atoms with van der Waals surface area (Å²) in [6.45, 7) is -1.75. The van der Waals surface area contributed by atoms with Crippen LogP contribution in [0.1, 0.15) is 16.3 Å². The lowest BCUT2D eigenvalue weighted by Crippen LogP contribution is -2.12. The van der Waals surface area contributed by atoms with Crippen molar-refractivity contribution in [1.29, 1.82) is 0 Å². The van der Waals surface area contributed by atoms with E-state index in [4.69, 9.17) is 13.9 Å². The zero-order chi connectivity index (χ0) is 25.0. The van der Waals surface area contributed by atoms with Crippen LogP contribution in [0.25, 0.3) is 0 Å². The van der Waals surface area contributed by atoms with Crippen molar-refractivity contribution in [2.45, 2.75) is 13.0 Å². The van der Waals surface area contributed by atoms with E-state index in [2.05, 4.69) is 5.32 Å². The molecular formula is C20H12F6N2O6. The van der Waals surface area contributed by atoms with Crippen LogP contribution < -0.4 is 14.8 Å². The zero-order valence-corrected chi connectivity index (χ0v) is 16.6. The van der Waals surface area contributed by atoms with Crippen LogP contribution >= 0.6 is 0 Å².